The number of hydrogen-bond donors (Lipinski definition) is 1. The molecule has 0 bridgehead atoms. The van der Waals surface area contributed by atoms with Gasteiger partial charge in [-0.25, -0.2) is 13.2 Å². The van der Waals surface area contributed by atoms with Gasteiger partial charge in [0, 0.05) is 6.04 Å². The Labute approximate surface area is 121 Å². The summed E-state index contributed by atoms with van der Waals surface area (Å²) in [6.45, 7) is 0. The fraction of sp³-hybridized carbons (Fsp3) is 0.250. The number of halogens is 3. The van der Waals surface area contributed by atoms with E-state index < -0.39 is 17.5 Å². The molecular formula is C16H16F3NO. The van der Waals surface area contributed by atoms with Gasteiger partial charge in [-0.2, -0.15) is 0 Å². The van der Waals surface area contributed by atoms with Crippen molar-refractivity contribution in [3.63, 3.8) is 0 Å². The lowest BCUT2D eigenvalue weighted by Gasteiger charge is -2.18. The Morgan fingerprint density at radius 2 is 1.81 bits per heavy atom. The molecule has 2 aromatic carbocycles. The summed E-state index contributed by atoms with van der Waals surface area (Å²) in [6.07, 6.45) is 0.214. The third kappa shape index (κ3) is 3.55. The van der Waals surface area contributed by atoms with Crippen molar-refractivity contribution in [2.75, 3.05) is 14.2 Å². The molecular weight excluding hydrogens is 279 g/mol. The van der Waals surface area contributed by atoms with E-state index in [1.165, 1.54) is 19.2 Å². The molecule has 0 radical (unpaired) electrons. The first kappa shape index (κ1) is 15.4. The third-order valence-electron chi connectivity index (χ3n) is 3.36. The summed E-state index contributed by atoms with van der Waals surface area (Å²) in [7, 11) is 3.07. The van der Waals surface area contributed by atoms with Crippen LogP contribution in [-0.2, 0) is 6.42 Å². The summed E-state index contributed by atoms with van der Waals surface area (Å²) in [5, 5.41) is 2.98. The van der Waals surface area contributed by atoms with Crippen LogP contribution in [0.4, 0.5) is 13.2 Å². The van der Waals surface area contributed by atoms with Gasteiger partial charge in [-0.15, -0.1) is 0 Å². The maximum absolute atomic E-state index is 13.7. The molecule has 0 aromatic heterocycles. The van der Waals surface area contributed by atoms with Crippen LogP contribution < -0.4 is 10.1 Å². The van der Waals surface area contributed by atoms with E-state index in [1.54, 1.807) is 13.1 Å². The number of hydrogen-bond acceptors (Lipinski definition) is 2. The van der Waals surface area contributed by atoms with Crippen LogP contribution >= 0.6 is 0 Å². The van der Waals surface area contributed by atoms with Gasteiger partial charge < -0.3 is 10.1 Å². The number of methoxy groups -OCH3 is 1. The fourth-order valence-corrected chi connectivity index (χ4v) is 2.21. The van der Waals surface area contributed by atoms with Crippen molar-refractivity contribution in [3.8, 4) is 5.75 Å². The lowest BCUT2D eigenvalue weighted by Crippen LogP contribution is -2.19. The molecule has 0 spiro atoms. The molecule has 1 N–H and O–H groups in total. The average Bonchev–Trinajstić information content (AvgIpc) is 2.48. The zero-order valence-electron chi connectivity index (χ0n) is 11.8. The van der Waals surface area contributed by atoms with Crippen LogP contribution in [0.3, 0.4) is 0 Å². The molecule has 0 aliphatic rings. The standard InChI is InChI=1S/C16H16F3NO/c1-20-15(9-11-7-12(17)4-5-13(11)18)10-3-6-16(21-2)14(19)8-10/h3-8,15,20H,9H2,1-2H3. The molecule has 2 nitrogen and oxygen atoms in total. The molecule has 0 fully saturated rings. The molecule has 5 heteroatoms. The van der Waals surface area contributed by atoms with Crippen molar-refractivity contribution < 1.29 is 17.9 Å². The summed E-state index contributed by atoms with van der Waals surface area (Å²) < 4.78 is 45.5. The van der Waals surface area contributed by atoms with Crippen LogP contribution in [0.2, 0.25) is 0 Å². The second-order valence-corrected chi connectivity index (χ2v) is 4.68. The van der Waals surface area contributed by atoms with Gasteiger partial charge in [0.2, 0.25) is 0 Å². The molecule has 112 valence electrons. The van der Waals surface area contributed by atoms with Crippen molar-refractivity contribution >= 4 is 0 Å². The van der Waals surface area contributed by atoms with E-state index in [9.17, 15) is 13.2 Å². The van der Waals surface area contributed by atoms with Crippen LogP contribution in [0, 0.1) is 17.5 Å². The van der Waals surface area contributed by atoms with Gasteiger partial charge in [-0.1, -0.05) is 6.07 Å². The Hall–Kier alpha value is -2.01. The van der Waals surface area contributed by atoms with Gasteiger partial charge in [0.05, 0.1) is 7.11 Å². The number of nitrogens with one attached hydrogen (secondary N) is 1. The van der Waals surface area contributed by atoms with Crippen LogP contribution in [0.15, 0.2) is 36.4 Å². The zero-order chi connectivity index (χ0) is 15.4. The molecule has 0 saturated heterocycles. The molecule has 1 unspecified atom stereocenters. The lowest BCUT2D eigenvalue weighted by atomic mass is 9.98. The number of benzene rings is 2. The third-order valence-corrected chi connectivity index (χ3v) is 3.36. The Morgan fingerprint density at radius 3 is 2.43 bits per heavy atom. The number of ether oxygens (including phenoxy) is 1. The van der Waals surface area contributed by atoms with Crippen molar-refractivity contribution in [1.82, 2.24) is 5.32 Å². The Morgan fingerprint density at radius 1 is 1.05 bits per heavy atom. The largest absolute Gasteiger partial charge is 0.494 e. The van der Waals surface area contributed by atoms with Gasteiger partial charge in [-0.3, -0.25) is 0 Å². The SMILES string of the molecule is CNC(Cc1cc(F)ccc1F)c1ccc(OC)c(F)c1. The first-order valence-corrected chi connectivity index (χ1v) is 6.49. The Kier molecular flexibility index (Phi) is 4.85. The van der Waals surface area contributed by atoms with E-state index in [-0.39, 0.29) is 23.8 Å². The van der Waals surface area contributed by atoms with Crippen LogP contribution in [-0.4, -0.2) is 14.2 Å². The smallest absolute Gasteiger partial charge is 0.165 e. The second-order valence-electron chi connectivity index (χ2n) is 4.68. The van der Waals surface area contributed by atoms with Crippen LogP contribution in [0.5, 0.6) is 5.75 Å². The first-order chi connectivity index (χ1) is 10.0. The quantitative estimate of drug-likeness (QED) is 0.909. The van der Waals surface area contributed by atoms with E-state index in [2.05, 4.69) is 5.32 Å². The minimum Gasteiger partial charge on any atom is -0.494 e. The van der Waals surface area contributed by atoms with Crippen molar-refractivity contribution in [2.45, 2.75) is 12.5 Å². The van der Waals surface area contributed by atoms with E-state index >= 15 is 0 Å². The topological polar surface area (TPSA) is 21.3 Å². The molecule has 0 aliphatic heterocycles. The molecule has 1 atom stereocenters. The minimum atomic E-state index is -0.498. The average molecular weight is 295 g/mol. The highest BCUT2D eigenvalue weighted by Gasteiger charge is 2.15. The molecule has 0 heterocycles. The van der Waals surface area contributed by atoms with Crippen molar-refractivity contribution in [3.05, 3.63) is 65.0 Å². The highest BCUT2D eigenvalue weighted by molar-refractivity contribution is 5.32. The monoisotopic (exact) mass is 295 g/mol. The minimum absolute atomic E-state index is 0.144. The molecule has 21 heavy (non-hydrogen) atoms. The van der Waals surface area contributed by atoms with Gasteiger partial charge in [0.15, 0.2) is 11.6 Å². The predicted octanol–water partition coefficient (Wildman–Crippen LogP) is 3.62. The fourth-order valence-electron chi connectivity index (χ4n) is 2.21. The van der Waals surface area contributed by atoms with Gasteiger partial charge in [-0.05, 0) is 54.9 Å². The zero-order valence-corrected chi connectivity index (χ0v) is 11.8. The summed E-state index contributed by atoms with van der Waals surface area (Å²) in [5.74, 6) is -1.33. The maximum Gasteiger partial charge on any atom is 0.165 e. The second kappa shape index (κ2) is 6.63. The maximum atomic E-state index is 13.7. The van der Waals surface area contributed by atoms with Crippen molar-refractivity contribution in [2.24, 2.45) is 0 Å². The highest BCUT2D eigenvalue weighted by Crippen LogP contribution is 2.25. The molecule has 2 rings (SSSR count). The Balaban J connectivity index is 2.27. The molecule has 0 amide bonds. The van der Waals surface area contributed by atoms with E-state index in [1.807, 2.05) is 0 Å². The summed E-state index contributed by atoms with van der Waals surface area (Å²) in [6, 6.07) is 7.52. The molecule has 0 aliphatic carbocycles. The van der Waals surface area contributed by atoms with E-state index in [4.69, 9.17) is 4.74 Å². The van der Waals surface area contributed by atoms with Gasteiger partial charge in [0.1, 0.15) is 11.6 Å². The molecule has 0 saturated carbocycles. The number of rotatable bonds is 5. The van der Waals surface area contributed by atoms with Crippen LogP contribution in [0.25, 0.3) is 0 Å². The predicted molar refractivity (Wildman–Crippen MR) is 74.8 cm³/mol. The normalized spacial score (nSPS) is 12.2. The molecule has 2 aromatic rings. The summed E-state index contributed by atoms with van der Waals surface area (Å²) in [5.41, 5.74) is 0.880. The van der Waals surface area contributed by atoms with Crippen LogP contribution in [0.1, 0.15) is 17.2 Å². The van der Waals surface area contributed by atoms with Gasteiger partial charge in [0.25, 0.3) is 0 Å². The first-order valence-electron chi connectivity index (χ1n) is 6.49. The van der Waals surface area contributed by atoms with E-state index in [0.717, 1.165) is 18.2 Å². The summed E-state index contributed by atoms with van der Waals surface area (Å²) >= 11 is 0. The Bertz CT molecular complexity index is 631. The highest BCUT2D eigenvalue weighted by atomic mass is 19.1. The number of likely N-dealkylation sites (N-methyl/N-ethyl adjacent to an activating group) is 1. The van der Waals surface area contributed by atoms with Gasteiger partial charge >= 0.3 is 0 Å². The van der Waals surface area contributed by atoms with E-state index in [0.29, 0.717) is 5.56 Å². The van der Waals surface area contributed by atoms with Crippen molar-refractivity contribution in [1.29, 1.82) is 0 Å². The lowest BCUT2D eigenvalue weighted by molar-refractivity contribution is 0.385. The summed E-state index contributed by atoms with van der Waals surface area (Å²) in [4.78, 5) is 0.